The molecule has 0 saturated heterocycles. The zero-order chi connectivity index (χ0) is 12.4. The Balaban J connectivity index is 0.00000133. The van der Waals surface area contributed by atoms with Crippen LogP contribution in [0.5, 0.6) is 0 Å². The summed E-state index contributed by atoms with van der Waals surface area (Å²) in [6.07, 6.45) is 4.49. The van der Waals surface area contributed by atoms with Gasteiger partial charge in [-0.2, -0.15) is 0 Å². The molecule has 0 aliphatic carbocycles. The molecule has 0 bridgehead atoms. The Morgan fingerprint density at radius 2 is 1.37 bits per heavy atom. The quantitative estimate of drug-likeness (QED) is 0.736. The molecule has 3 rings (SSSR count). The minimum Gasteiger partial charge on any atom is -0.355 e. The summed E-state index contributed by atoms with van der Waals surface area (Å²) in [4.78, 5) is 4.51. The minimum absolute atomic E-state index is 0. The lowest BCUT2D eigenvalue weighted by Gasteiger charge is -2.30. The van der Waals surface area contributed by atoms with E-state index in [9.17, 15) is 0 Å². The van der Waals surface area contributed by atoms with Gasteiger partial charge in [0.1, 0.15) is 6.17 Å². The SMILES string of the molecule is CN1C=CN(c2ccccc2)C1c1ccccc1.I. The van der Waals surface area contributed by atoms with Crippen molar-refractivity contribution in [2.24, 2.45) is 0 Å². The Morgan fingerprint density at radius 3 is 2.00 bits per heavy atom. The first-order valence-corrected chi connectivity index (χ1v) is 6.15. The maximum atomic E-state index is 2.29. The average Bonchev–Trinajstić information content (AvgIpc) is 2.83. The highest BCUT2D eigenvalue weighted by Crippen LogP contribution is 2.33. The highest BCUT2D eigenvalue weighted by atomic mass is 127. The fourth-order valence-electron chi connectivity index (χ4n) is 2.38. The summed E-state index contributed by atoms with van der Waals surface area (Å²) in [6, 6.07) is 21.0. The first-order chi connectivity index (χ1) is 8.86. The summed E-state index contributed by atoms with van der Waals surface area (Å²) in [5.41, 5.74) is 2.51. The molecule has 1 unspecified atom stereocenters. The number of para-hydroxylation sites is 1. The van der Waals surface area contributed by atoms with Gasteiger partial charge in [0.05, 0.1) is 0 Å². The normalized spacial score (nSPS) is 17.4. The van der Waals surface area contributed by atoms with Gasteiger partial charge in [-0.05, 0) is 17.7 Å². The molecular weight excluding hydrogens is 347 g/mol. The number of benzene rings is 2. The van der Waals surface area contributed by atoms with Gasteiger partial charge in [0.15, 0.2) is 0 Å². The summed E-state index contributed by atoms with van der Waals surface area (Å²) >= 11 is 0. The molecule has 0 amide bonds. The van der Waals surface area contributed by atoms with Crippen LogP contribution in [0.25, 0.3) is 0 Å². The van der Waals surface area contributed by atoms with Gasteiger partial charge in [0, 0.05) is 25.1 Å². The van der Waals surface area contributed by atoms with Crippen LogP contribution in [-0.4, -0.2) is 11.9 Å². The molecule has 1 heterocycles. The first-order valence-electron chi connectivity index (χ1n) is 6.15. The molecule has 1 aliphatic rings. The van der Waals surface area contributed by atoms with Crippen LogP contribution >= 0.6 is 24.0 Å². The number of hydrogen-bond acceptors (Lipinski definition) is 2. The molecule has 0 fully saturated rings. The van der Waals surface area contributed by atoms with Crippen LogP contribution < -0.4 is 4.90 Å². The lowest BCUT2D eigenvalue weighted by atomic mass is 10.1. The summed E-state index contributed by atoms with van der Waals surface area (Å²) in [6.45, 7) is 0. The number of rotatable bonds is 2. The number of halogens is 1. The molecule has 2 nitrogen and oxygen atoms in total. The van der Waals surface area contributed by atoms with Gasteiger partial charge in [0.25, 0.3) is 0 Å². The fourth-order valence-corrected chi connectivity index (χ4v) is 2.38. The molecule has 1 atom stereocenters. The van der Waals surface area contributed by atoms with Gasteiger partial charge in [-0.1, -0.05) is 48.5 Å². The standard InChI is InChI=1S/C16H16N2.HI/c1-17-12-13-18(15-10-6-3-7-11-15)16(17)14-8-4-2-5-9-14;/h2-13,16H,1H3;1H. The monoisotopic (exact) mass is 364 g/mol. The molecule has 0 radical (unpaired) electrons. The average molecular weight is 364 g/mol. The Labute approximate surface area is 131 Å². The molecule has 19 heavy (non-hydrogen) atoms. The second-order valence-corrected chi connectivity index (χ2v) is 4.49. The first kappa shape index (κ1) is 13.9. The highest BCUT2D eigenvalue weighted by Gasteiger charge is 2.25. The van der Waals surface area contributed by atoms with Gasteiger partial charge < -0.3 is 9.80 Å². The molecule has 0 aromatic heterocycles. The lowest BCUT2D eigenvalue weighted by Crippen LogP contribution is -2.28. The second-order valence-electron chi connectivity index (χ2n) is 4.49. The van der Waals surface area contributed by atoms with Crippen molar-refractivity contribution in [2.45, 2.75) is 6.17 Å². The van der Waals surface area contributed by atoms with Crippen LogP contribution in [0, 0.1) is 0 Å². The summed E-state index contributed by atoms with van der Waals surface area (Å²) in [7, 11) is 2.11. The van der Waals surface area contributed by atoms with Gasteiger partial charge in [0.2, 0.25) is 0 Å². The summed E-state index contributed by atoms with van der Waals surface area (Å²) in [5, 5.41) is 0. The Hall–Kier alpha value is -1.49. The van der Waals surface area contributed by atoms with Crippen molar-refractivity contribution in [2.75, 3.05) is 11.9 Å². The molecule has 3 heteroatoms. The smallest absolute Gasteiger partial charge is 0.131 e. The third-order valence-corrected chi connectivity index (χ3v) is 3.26. The van der Waals surface area contributed by atoms with Crippen molar-refractivity contribution < 1.29 is 0 Å². The molecule has 0 N–H and O–H groups in total. The van der Waals surface area contributed by atoms with E-state index in [0.29, 0.717) is 0 Å². The third-order valence-electron chi connectivity index (χ3n) is 3.26. The summed E-state index contributed by atoms with van der Waals surface area (Å²) < 4.78 is 0. The molecule has 0 spiro atoms. The zero-order valence-corrected chi connectivity index (χ0v) is 13.1. The molecule has 98 valence electrons. The second kappa shape index (κ2) is 6.10. The maximum absolute atomic E-state index is 2.29. The Bertz CT molecular complexity index is 539. The minimum atomic E-state index is 0. The van der Waals surface area contributed by atoms with Crippen LogP contribution in [-0.2, 0) is 0 Å². The van der Waals surface area contributed by atoms with Crippen molar-refractivity contribution in [3.05, 3.63) is 78.6 Å². The van der Waals surface area contributed by atoms with Gasteiger partial charge in [-0.25, -0.2) is 0 Å². The largest absolute Gasteiger partial charge is 0.355 e. The van der Waals surface area contributed by atoms with E-state index in [1.165, 1.54) is 11.3 Å². The van der Waals surface area contributed by atoms with Crippen molar-refractivity contribution >= 4 is 29.7 Å². The van der Waals surface area contributed by atoms with Crippen LogP contribution in [0.3, 0.4) is 0 Å². The fraction of sp³-hybridized carbons (Fsp3) is 0.125. The van der Waals surface area contributed by atoms with Gasteiger partial charge in [-0.3, -0.25) is 0 Å². The zero-order valence-electron chi connectivity index (χ0n) is 10.8. The maximum Gasteiger partial charge on any atom is 0.131 e. The Kier molecular flexibility index (Phi) is 4.47. The van der Waals surface area contributed by atoms with Crippen molar-refractivity contribution in [1.29, 1.82) is 0 Å². The number of anilines is 1. The molecule has 1 aliphatic heterocycles. The molecule has 0 saturated carbocycles. The van der Waals surface area contributed by atoms with Crippen LogP contribution in [0.1, 0.15) is 11.7 Å². The van der Waals surface area contributed by atoms with Crippen molar-refractivity contribution in [3.8, 4) is 0 Å². The highest BCUT2D eigenvalue weighted by molar-refractivity contribution is 14.0. The van der Waals surface area contributed by atoms with E-state index in [0.717, 1.165) is 0 Å². The van der Waals surface area contributed by atoms with Crippen LogP contribution in [0.4, 0.5) is 5.69 Å². The Morgan fingerprint density at radius 1 is 0.789 bits per heavy atom. The van der Waals surface area contributed by atoms with Crippen molar-refractivity contribution in [1.82, 2.24) is 4.90 Å². The van der Waals surface area contributed by atoms with E-state index in [2.05, 4.69) is 83.8 Å². The van der Waals surface area contributed by atoms with E-state index >= 15 is 0 Å². The molecular formula is C16H17IN2. The molecule has 2 aromatic carbocycles. The number of nitrogens with zero attached hydrogens (tertiary/aromatic N) is 2. The predicted molar refractivity (Wildman–Crippen MR) is 90.4 cm³/mol. The van der Waals surface area contributed by atoms with E-state index in [1.807, 2.05) is 6.07 Å². The van der Waals surface area contributed by atoms with Gasteiger partial charge >= 0.3 is 0 Å². The topological polar surface area (TPSA) is 6.48 Å². The summed E-state index contributed by atoms with van der Waals surface area (Å²) in [5.74, 6) is 0. The van der Waals surface area contributed by atoms with Gasteiger partial charge in [-0.15, -0.1) is 24.0 Å². The van der Waals surface area contributed by atoms with Crippen molar-refractivity contribution in [3.63, 3.8) is 0 Å². The van der Waals surface area contributed by atoms with E-state index in [4.69, 9.17) is 0 Å². The van der Waals surface area contributed by atoms with E-state index < -0.39 is 0 Å². The number of hydrogen-bond donors (Lipinski definition) is 0. The third kappa shape index (κ3) is 2.76. The van der Waals surface area contributed by atoms with E-state index in [-0.39, 0.29) is 30.1 Å². The lowest BCUT2D eigenvalue weighted by molar-refractivity contribution is 0.368. The van der Waals surface area contributed by atoms with E-state index in [1.54, 1.807) is 0 Å². The van der Waals surface area contributed by atoms with Crippen LogP contribution in [0.15, 0.2) is 73.1 Å². The molecule has 2 aromatic rings. The van der Waals surface area contributed by atoms with Crippen LogP contribution in [0.2, 0.25) is 0 Å². The predicted octanol–water partition coefficient (Wildman–Crippen LogP) is 4.23.